The van der Waals surface area contributed by atoms with Crippen LogP contribution in [0.4, 0.5) is 4.79 Å². The molecule has 1 saturated heterocycles. The van der Waals surface area contributed by atoms with Gasteiger partial charge in [0.1, 0.15) is 5.60 Å². The third-order valence-electron chi connectivity index (χ3n) is 3.58. The highest BCUT2D eigenvalue weighted by Gasteiger charge is 2.50. The molecular weight excluding hydrogens is 190 g/mol. The molecule has 0 N–H and O–H groups in total. The maximum atomic E-state index is 11.8. The van der Waals surface area contributed by atoms with Crippen molar-refractivity contribution in [3.63, 3.8) is 0 Å². The fourth-order valence-corrected chi connectivity index (χ4v) is 2.56. The Hall–Kier alpha value is -0.730. The topological polar surface area (TPSA) is 29.5 Å². The molecule has 0 aromatic heterocycles. The van der Waals surface area contributed by atoms with E-state index in [9.17, 15) is 4.79 Å². The van der Waals surface area contributed by atoms with E-state index in [-0.39, 0.29) is 11.7 Å². The van der Waals surface area contributed by atoms with Crippen LogP contribution in [-0.4, -0.2) is 29.7 Å². The van der Waals surface area contributed by atoms with Crippen LogP contribution < -0.4 is 0 Å². The van der Waals surface area contributed by atoms with Crippen molar-refractivity contribution >= 4 is 6.09 Å². The lowest BCUT2D eigenvalue weighted by atomic mass is 10.1. The summed E-state index contributed by atoms with van der Waals surface area (Å²) in [7, 11) is 0. The van der Waals surface area contributed by atoms with Crippen LogP contribution >= 0.6 is 0 Å². The van der Waals surface area contributed by atoms with Crippen molar-refractivity contribution in [2.75, 3.05) is 13.1 Å². The van der Waals surface area contributed by atoms with Gasteiger partial charge in [-0.15, -0.1) is 0 Å². The van der Waals surface area contributed by atoms with E-state index in [0.29, 0.717) is 0 Å². The third-order valence-corrected chi connectivity index (χ3v) is 3.58. The van der Waals surface area contributed by atoms with Gasteiger partial charge in [-0.3, -0.25) is 0 Å². The molecule has 1 amide bonds. The minimum absolute atomic E-state index is 0.139. The molecule has 3 nitrogen and oxygen atoms in total. The van der Waals surface area contributed by atoms with Crippen LogP contribution in [0.15, 0.2) is 0 Å². The summed E-state index contributed by atoms with van der Waals surface area (Å²) >= 11 is 0. The van der Waals surface area contributed by atoms with Gasteiger partial charge in [0.2, 0.25) is 0 Å². The first-order valence-electron chi connectivity index (χ1n) is 5.86. The van der Waals surface area contributed by atoms with E-state index in [0.717, 1.165) is 37.3 Å². The molecule has 3 atom stereocenters. The maximum Gasteiger partial charge on any atom is 0.410 e. The van der Waals surface area contributed by atoms with Crippen LogP contribution in [0.2, 0.25) is 0 Å². The molecule has 0 aromatic rings. The summed E-state index contributed by atoms with van der Waals surface area (Å²) in [4.78, 5) is 13.7. The van der Waals surface area contributed by atoms with Crippen molar-refractivity contribution in [1.82, 2.24) is 4.90 Å². The predicted molar refractivity (Wildman–Crippen MR) is 58.6 cm³/mol. The van der Waals surface area contributed by atoms with Crippen LogP contribution in [0, 0.1) is 17.8 Å². The van der Waals surface area contributed by atoms with Crippen molar-refractivity contribution in [2.45, 2.75) is 39.7 Å². The van der Waals surface area contributed by atoms with Crippen molar-refractivity contribution in [3.05, 3.63) is 0 Å². The fourth-order valence-electron chi connectivity index (χ4n) is 2.56. The molecule has 0 spiro atoms. The van der Waals surface area contributed by atoms with Crippen LogP contribution in [0.1, 0.15) is 34.1 Å². The Morgan fingerprint density at radius 1 is 1.33 bits per heavy atom. The highest BCUT2D eigenvalue weighted by molar-refractivity contribution is 5.68. The van der Waals surface area contributed by atoms with Crippen LogP contribution in [0.3, 0.4) is 0 Å². The summed E-state index contributed by atoms with van der Waals surface area (Å²) < 4.78 is 5.37. The van der Waals surface area contributed by atoms with Gasteiger partial charge in [-0.05, 0) is 44.9 Å². The van der Waals surface area contributed by atoms with Gasteiger partial charge in [0.05, 0.1) is 0 Å². The molecule has 3 heteroatoms. The highest BCUT2D eigenvalue weighted by Crippen LogP contribution is 2.51. The number of carbonyl (C=O) groups is 1. The standard InChI is InChI=1S/C12H21NO2/c1-8-9-5-6-13(7-10(8)9)11(14)15-12(2,3)4/h8-10H,5-7H2,1-4H3. The number of piperidine rings is 1. The van der Waals surface area contributed by atoms with Gasteiger partial charge in [0.15, 0.2) is 0 Å². The zero-order chi connectivity index (χ0) is 11.2. The van der Waals surface area contributed by atoms with Gasteiger partial charge in [-0.1, -0.05) is 6.92 Å². The van der Waals surface area contributed by atoms with Crippen molar-refractivity contribution in [3.8, 4) is 0 Å². The van der Waals surface area contributed by atoms with Gasteiger partial charge < -0.3 is 9.64 Å². The van der Waals surface area contributed by atoms with Gasteiger partial charge in [-0.2, -0.15) is 0 Å². The number of hydrogen-bond acceptors (Lipinski definition) is 2. The van der Waals surface area contributed by atoms with Gasteiger partial charge in [-0.25, -0.2) is 4.79 Å². The average molecular weight is 211 g/mol. The van der Waals surface area contributed by atoms with E-state index in [1.165, 1.54) is 0 Å². The number of nitrogens with zero attached hydrogens (tertiary/aromatic N) is 1. The fraction of sp³-hybridized carbons (Fsp3) is 0.917. The Morgan fingerprint density at radius 2 is 2.00 bits per heavy atom. The smallest absolute Gasteiger partial charge is 0.410 e. The van der Waals surface area contributed by atoms with Gasteiger partial charge >= 0.3 is 6.09 Å². The zero-order valence-electron chi connectivity index (χ0n) is 10.1. The van der Waals surface area contributed by atoms with E-state index in [1.54, 1.807) is 0 Å². The molecule has 2 fully saturated rings. The van der Waals surface area contributed by atoms with Crippen molar-refractivity contribution < 1.29 is 9.53 Å². The molecule has 1 aliphatic carbocycles. The van der Waals surface area contributed by atoms with Crippen LogP contribution in [0.25, 0.3) is 0 Å². The molecule has 15 heavy (non-hydrogen) atoms. The number of likely N-dealkylation sites (tertiary alicyclic amines) is 1. The number of hydrogen-bond donors (Lipinski definition) is 0. The van der Waals surface area contributed by atoms with Crippen molar-refractivity contribution in [2.24, 2.45) is 17.8 Å². The zero-order valence-corrected chi connectivity index (χ0v) is 10.1. The number of ether oxygens (including phenoxy) is 1. The van der Waals surface area contributed by atoms with E-state index >= 15 is 0 Å². The van der Waals surface area contributed by atoms with Gasteiger partial charge in [0, 0.05) is 13.1 Å². The molecule has 3 unspecified atom stereocenters. The second kappa shape index (κ2) is 3.39. The molecule has 1 saturated carbocycles. The molecular formula is C12H21NO2. The Balaban J connectivity index is 1.87. The largest absolute Gasteiger partial charge is 0.444 e. The van der Waals surface area contributed by atoms with E-state index < -0.39 is 0 Å². The lowest BCUT2D eigenvalue weighted by molar-refractivity contribution is 0.0207. The van der Waals surface area contributed by atoms with Crippen LogP contribution in [0.5, 0.6) is 0 Å². The second-order valence-electron chi connectivity index (χ2n) is 5.90. The number of amides is 1. The van der Waals surface area contributed by atoms with Crippen LogP contribution in [-0.2, 0) is 4.74 Å². The second-order valence-corrected chi connectivity index (χ2v) is 5.90. The predicted octanol–water partition coefficient (Wildman–Crippen LogP) is 2.51. The number of rotatable bonds is 0. The van der Waals surface area contributed by atoms with E-state index in [2.05, 4.69) is 6.92 Å². The third kappa shape index (κ3) is 2.27. The first-order chi connectivity index (χ1) is 6.88. The minimum Gasteiger partial charge on any atom is -0.444 e. The number of fused-ring (bicyclic) bond motifs is 1. The maximum absolute atomic E-state index is 11.8. The first-order valence-corrected chi connectivity index (χ1v) is 5.86. The summed E-state index contributed by atoms with van der Waals surface area (Å²) in [5.74, 6) is 2.44. The summed E-state index contributed by atoms with van der Waals surface area (Å²) in [5, 5.41) is 0. The molecule has 2 aliphatic rings. The Kier molecular flexibility index (Phi) is 2.44. The Bertz CT molecular complexity index is 269. The summed E-state index contributed by atoms with van der Waals surface area (Å²) in [6.07, 6.45) is 1.02. The quantitative estimate of drug-likeness (QED) is 0.616. The lowest BCUT2D eigenvalue weighted by Gasteiger charge is -2.29. The Morgan fingerprint density at radius 3 is 2.53 bits per heavy atom. The van der Waals surface area contributed by atoms with E-state index in [1.807, 2.05) is 25.7 Å². The van der Waals surface area contributed by atoms with Gasteiger partial charge in [0.25, 0.3) is 0 Å². The monoisotopic (exact) mass is 211 g/mol. The Labute approximate surface area is 91.8 Å². The highest BCUT2D eigenvalue weighted by atomic mass is 16.6. The van der Waals surface area contributed by atoms with E-state index in [4.69, 9.17) is 4.74 Å². The molecule has 0 aromatic carbocycles. The summed E-state index contributed by atoms with van der Waals surface area (Å²) in [5.41, 5.74) is -0.372. The minimum atomic E-state index is -0.372. The molecule has 2 rings (SSSR count). The first kappa shape index (κ1) is 10.8. The molecule has 0 bridgehead atoms. The number of carbonyl (C=O) groups excluding carboxylic acids is 1. The summed E-state index contributed by atoms with van der Waals surface area (Å²) in [6.45, 7) is 9.81. The van der Waals surface area contributed by atoms with Crippen molar-refractivity contribution in [1.29, 1.82) is 0 Å². The molecule has 86 valence electrons. The summed E-state index contributed by atoms with van der Waals surface area (Å²) in [6, 6.07) is 0. The average Bonchev–Trinajstić information content (AvgIpc) is 2.74. The molecule has 1 heterocycles. The molecule has 0 radical (unpaired) electrons. The SMILES string of the molecule is CC1C2CCN(C(=O)OC(C)(C)C)CC12. The molecule has 1 aliphatic heterocycles. The lowest BCUT2D eigenvalue weighted by Crippen LogP contribution is -2.40. The normalized spacial score (nSPS) is 34.7.